The molecule has 0 atom stereocenters. The summed E-state index contributed by atoms with van der Waals surface area (Å²) >= 11 is 0. The van der Waals surface area contributed by atoms with Crippen LogP contribution < -0.4 is 5.43 Å². The van der Waals surface area contributed by atoms with E-state index in [1.807, 2.05) is 53.4 Å². The van der Waals surface area contributed by atoms with Crippen molar-refractivity contribution in [2.24, 2.45) is 5.10 Å². The number of rotatable bonds is 6. The maximum Gasteiger partial charge on any atom is 0.307 e. The van der Waals surface area contributed by atoms with Crippen LogP contribution in [0.3, 0.4) is 0 Å². The number of carbonyl (C=O) groups is 1. The topological polar surface area (TPSA) is 107 Å². The molecule has 0 unspecified atom stereocenters. The number of nitrogens with zero attached hydrogens (tertiary/aromatic N) is 5. The first-order valence-electron chi connectivity index (χ1n) is 7.76. The maximum atomic E-state index is 11.9. The minimum Gasteiger partial charge on any atom is -0.324 e. The Morgan fingerprint density at radius 2 is 1.96 bits per heavy atom. The molecule has 9 nitrogen and oxygen atoms in total. The Bertz CT molecular complexity index is 941. The Hall–Kier alpha value is -3.75. The zero-order valence-electron chi connectivity index (χ0n) is 13.9. The SMILES string of the molecule is CC(=NNC(=O)Cn1cc([N+](=O)[O-])cn1)c1ccc(-n2cccc2)cc1. The monoisotopic (exact) mass is 352 g/mol. The van der Waals surface area contributed by atoms with E-state index >= 15 is 0 Å². The Kier molecular flexibility index (Phi) is 4.88. The van der Waals surface area contributed by atoms with Crippen molar-refractivity contribution >= 4 is 17.3 Å². The zero-order valence-corrected chi connectivity index (χ0v) is 13.9. The van der Waals surface area contributed by atoms with E-state index in [0.29, 0.717) is 5.71 Å². The summed E-state index contributed by atoms with van der Waals surface area (Å²) in [7, 11) is 0. The van der Waals surface area contributed by atoms with Crippen molar-refractivity contribution in [2.75, 3.05) is 0 Å². The summed E-state index contributed by atoms with van der Waals surface area (Å²) < 4.78 is 3.17. The summed E-state index contributed by atoms with van der Waals surface area (Å²) in [6.07, 6.45) is 6.19. The van der Waals surface area contributed by atoms with Crippen LogP contribution in [-0.2, 0) is 11.3 Å². The third kappa shape index (κ3) is 4.01. The van der Waals surface area contributed by atoms with Crippen molar-refractivity contribution < 1.29 is 9.72 Å². The first kappa shape index (κ1) is 17.1. The van der Waals surface area contributed by atoms with Crippen LogP contribution >= 0.6 is 0 Å². The van der Waals surface area contributed by atoms with Crippen LogP contribution in [0.2, 0.25) is 0 Å². The van der Waals surface area contributed by atoms with Gasteiger partial charge in [-0.05, 0) is 36.8 Å². The van der Waals surface area contributed by atoms with Gasteiger partial charge in [-0.3, -0.25) is 19.6 Å². The van der Waals surface area contributed by atoms with E-state index in [0.717, 1.165) is 17.4 Å². The number of hydrogen-bond donors (Lipinski definition) is 1. The number of hydrogen-bond acceptors (Lipinski definition) is 5. The molecule has 0 aliphatic heterocycles. The lowest BCUT2D eigenvalue weighted by Gasteiger charge is -2.06. The highest BCUT2D eigenvalue weighted by Gasteiger charge is 2.11. The second kappa shape index (κ2) is 7.43. The lowest BCUT2D eigenvalue weighted by atomic mass is 10.1. The molecule has 0 bridgehead atoms. The van der Waals surface area contributed by atoms with E-state index in [1.54, 1.807) is 6.92 Å². The highest BCUT2D eigenvalue weighted by atomic mass is 16.6. The van der Waals surface area contributed by atoms with Crippen LogP contribution in [-0.4, -0.2) is 30.9 Å². The standard InChI is InChI=1S/C17H16N6O3/c1-13(14-4-6-15(7-5-14)21-8-2-3-9-21)19-20-17(24)12-22-11-16(10-18-22)23(25)26/h2-11H,12H2,1H3,(H,20,24). The van der Waals surface area contributed by atoms with Crippen molar-refractivity contribution in [1.29, 1.82) is 0 Å². The fourth-order valence-corrected chi connectivity index (χ4v) is 2.31. The van der Waals surface area contributed by atoms with Gasteiger partial charge in [-0.15, -0.1) is 0 Å². The predicted octanol–water partition coefficient (Wildman–Crippen LogP) is 2.12. The van der Waals surface area contributed by atoms with Gasteiger partial charge in [-0.25, -0.2) is 5.43 Å². The van der Waals surface area contributed by atoms with Crippen molar-refractivity contribution in [2.45, 2.75) is 13.5 Å². The summed E-state index contributed by atoms with van der Waals surface area (Å²) in [5, 5.41) is 18.4. The third-order valence-corrected chi connectivity index (χ3v) is 3.67. The van der Waals surface area contributed by atoms with Crippen LogP contribution in [0.5, 0.6) is 0 Å². The van der Waals surface area contributed by atoms with E-state index in [2.05, 4.69) is 15.6 Å². The molecule has 0 aliphatic rings. The van der Waals surface area contributed by atoms with Gasteiger partial charge in [0, 0.05) is 18.1 Å². The molecule has 1 amide bonds. The summed E-state index contributed by atoms with van der Waals surface area (Å²) in [5.41, 5.74) is 4.79. The number of nitro groups is 1. The summed E-state index contributed by atoms with van der Waals surface area (Å²) in [6.45, 7) is 1.63. The van der Waals surface area contributed by atoms with Gasteiger partial charge >= 0.3 is 5.69 Å². The molecule has 3 aromatic rings. The van der Waals surface area contributed by atoms with Crippen LogP contribution in [0.4, 0.5) is 5.69 Å². The van der Waals surface area contributed by atoms with E-state index in [4.69, 9.17) is 0 Å². The largest absolute Gasteiger partial charge is 0.324 e. The predicted molar refractivity (Wildman–Crippen MR) is 95.0 cm³/mol. The normalized spacial score (nSPS) is 11.3. The lowest BCUT2D eigenvalue weighted by molar-refractivity contribution is -0.385. The van der Waals surface area contributed by atoms with Crippen LogP contribution in [0.1, 0.15) is 12.5 Å². The van der Waals surface area contributed by atoms with Crippen molar-refractivity contribution in [3.63, 3.8) is 0 Å². The van der Waals surface area contributed by atoms with Gasteiger partial charge in [-0.2, -0.15) is 10.2 Å². The van der Waals surface area contributed by atoms with Gasteiger partial charge in [0.2, 0.25) is 0 Å². The summed E-state index contributed by atoms with van der Waals surface area (Å²) in [5.74, 6) is -0.425. The van der Waals surface area contributed by atoms with Crippen molar-refractivity contribution in [3.8, 4) is 5.69 Å². The molecular formula is C17H16N6O3. The van der Waals surface area contributed by atoms with E-state index in [9.17, 15) is 14.9 Å². The second-order valence-corrected chi connectivity index (χ2v) is 5.52. The van der Waals surface area contributed by atoms with E-state index in [1.165, 1.54) is 10.9 Å². The molecule has 9 heteroatoms. The Balaban J connectivity index is 1.60. The zero-order chi connectivity index (χ0) is 18.5. The highest BCUT2D eigenvalue weighted by molar-refractivity contribution is 5.99. The number of aromatic nitrogens is 3. The minimum atomic E-state index is -0.568. The fourth-order valence-electron chi connectivity index (χ4n) is 2.31. The molecule has 1 N–H and O–H groups in total. The first-order valence-corrected chi connectivity index (χ1v) is 7.76. The van der Waals surface area contributed by atoms with E-state index in [-0.39, 0.29) is 12.2 Å². The Morgan fingerprint density at radius 3 is 2.58 bits per heavy atom. The minimum absolute atomic E-state index is 0.156. The molecule has 1 aromatic carbocycles. The maximum absolute atomic E-state index is 11.9. The molecular weight excluding hydrogens is 336 g/mol. The smallest absolute Gasteiger partial charge is 0.307 e. The van der Waals surface area contributed by atoms with Gasteiger partial charge < -0.3 is 4.57 Å². The average Bonchev–Trinajstić information content (AvgIpc) is 3.32. The Labute approximate surface area is 148 Å². The Morgan fingerprint density at radius 1 is 1.27 bits per heavy atom. The van der Waals surface area contributed by atoms with Gasteiger partial charge in [0.1, 0.15) is 18.9 Å². The molecule has 2 heterocycles. The number of benzene rings is 1. The third-order valence-electron chi connectivity index (χ3n) is 3.67. The summed E-state index contributed by atoms with van der Waals surface area (Å²) in [6, 6.07) is 11.6. The van der Waals surface area contributed by atoms with Gasteiger partial charge in [0.05, 0.1) is 10.6 Å². The molecule has 0 saturated heterocycles. The lowest BCUT2D eigenvalue weighted by Crippen LogP contribution is -2.24. The molecule has 0 aliphatic carbocycles. The molecule has 0 fully saturated rings. The molecule has 0 spiro atoms. The van der Waals surface area contributed by atoms with Gasteiger partial charge in [-0.1, -0.05) is 12.1 Å². The fraction of sp³-hybridized carbons (Fsp3) is 0.118. The van der Waals surface area contributed by atoms with E-state index < -0.39 is 10.8 Å². The highest BCUT2D eigenvalue weighted by Crippen LogP contribution is 2.11. The molecule has 0 radical (unpaired) electrons. The quantitative estimate of drug-likeness (QED) is 0.416. The average molecular weight is 352 g/mol. The van der Waals surface area contributed by atoms with Crippen molar-refractivity contribution in [3.05, 3.63) is 76.9 Å². The molecule has 2 aromatic heterocycles. The number of hydrazone groups is 1. The molecule has 132 valence electrons. The number of carbonyl (C=O) groups excluding carboxylic acids is 1. The molecule has 3 rings (SSSR count). The summed E-state index contributed by atoms with van der Waals surface area (Å²) in [4.78, 5) is 21.9. The van der Waals surface area contributed by atoms with Crippen LogP contribution in [0.25, 0.3) is 5.69 Å². The first-order chi connectivity index (χ1) is 12.5. The second-order valence-electron chi connectivity index (χ2n) is 5.52. The van der Waals surface area contributed by atoms with Crippen LogP contribution in [0.15, 0.2) is 66.3 Å². The van der Waals surface area contributed by atoms with Crippen LogP contribution in [0, 0.1) is 10.1 Å². The molecule has 26 heavy (non-hydrogen) atoms. The van der Waals surface area contributed by atoms with Crippen molar-refractivity contribution in [1.82, 2.24) is 19.8 Å². The number of amides is 1. The number of nitrogens with one attached hydrogen (secondary N) is 1. The molecule has 0 saturated carbocycles. The van der Waals surface area contributed by atoms with Gasteiger partial charge in [0.15, 0.2) is 0 Å². The van der Waals surface area contributed by atoms with Gasteiger partial charge in [0.25, 0.3) is 5.91 Å².